The smallest absolute Gasteiger partial charge is 0.333 e. The van der Waals surface area contributed by atoms with Gasteiger partial charge in [-0.1, -0.05) is 26.0 Å². The van der Waals surface area contributed by atoms with Gasteiger partial charge in [-0.25, -0.2) is 4.98 Å². The molecule has 1 N–H and O–H groups in total. The summed E-state index contributed by atoms with van der Waals surface area (Å²) in [6, 6.07) is 23.5. The van der Waals surface area contributed by atoms with E-state index in [1.54, 1.807) is 91.9 Å². The Morgan fingerprint density at radius 3 is 2.15 bits per heavy atom. The summed E-state index contributed by atoms with van der Waals surface area (Å²) in [6.07, 6.45) is 10.5. The van der Waals surface area contributed by atoms with Crippen molar-refractivity contribution < 1.29 is 18.3 Å². The summed E-state index contributed by atoms with van der Waals surface area (Å²) in [7, 11) is 6.99. The van der Waals surface area contributed by atoms with Gasteiger partial charge in [0.2, 0.25) is 5.82 Å². The maximum absolute atomic E-state index is 15.3. The third-order valence-electron chi connectivity index (χ3n) is 9.88. The Kier molecular flexibility index (Phi) is 11.3. The van der Waals surface area contributed by atoms with Gasteiger partial charge in [-0.05, 0) is 48.5 Å². The SMILES string of the molecule is COc1cc(OC)cc(N(CCNC(C)C)c2ccc3ncc(-c4cnn(C)c4)nc3c2)c1.Cn1cc(-c2ccc3nnc(C(F)(F)c4ccc5ncccc5c4)n3n2)cn1. The molecule has 3 aromatic carbocycles. The summed E-state index contributed by atoms with van der Waals surface area (Å²) in [5.41, 5.74) is 7.29. The zero-order valence-corrected chi connectivity index (χ0v) is 34.4. The molecule has 0 atom stereocenters. The predicted molar refractivity (Wildman–Crippen MR) is 229 cm³/mol. The number of aryl methyl sites for hydroxylation is 2. The number of ether oxygens (including phenoxy) is 2. The van der Waals surface area contributed by atoms with E-state index in [9.17, 15) is 0 Å². The Balaban J connectivity index is 0.000000170. The molecule has 0 radical (unpaired) electrons. The van der Waals surface area contributed by atoms with E-state index in [2.05, 4.69) is 71.7 Å². The van der Waals surface area contributed by atoms with Crippen molar-refractivity contribution in [1.29, 1.82) is 0 Å². The molecule has 0 spiro atoms. The maximum atomic E-state index is 15.3. The van der Waals surface area contributed by atoms with E-state index >= 15 is 8.78 Å². The zero-order valence-electron chi connectivity index (χ0n) is 34.4. The van der Waals surface area contributed by atoms with E-state index in [1.165, 1.54) is 12.1 Å². The number of aromatic nitrogens is 11. The van der Waals surface area contributed by atoms with Crippen LogP contribution in [0.3, 0.4) is 0 Å². The fraction of sp³-hybridized carbons (Fsp3) is 0.227. The van der Waals surface area contributed by atoms with Crippen molar-refractivity contribution in [3.63, 3.8) is 0 Å². The zero-order chi connectivity index (χ0) is 42.7. The number of anilines is 2. The molecule has 6 aromatic heterocycles. The normalized spacial score (nSPS) is 11.6. The lowest BCUT2D eigenvalue weighted by molar-refractivity contribution is 0.0307. The lowest BCUT2D eigenvalue weighted by Gasteiger charge is -2.27. The van der Waals surface area contributed by atoms with Crippen LogP contribution in [-0.2, 0) is 20.0 Å². The molecule has 15 nitrogen and oxygen atoms in total. The van der Waals surface area contributed by atoms with E-state index in [0.29, 0.717) is 28.2 Å². The summed E-state index contributed by atoms with van der Waals surface area (Å²) in [6.45, 7) is 5.86. The molecule has 0 saturated carbocycles. The predicted octanol–water partition coefficient (Wildman–Crippen LogP) is 7.40. The van der Waals surface area contributed by atoms with Crippen molar-refractivity contribution in [1.82, 2.24) is 59.6 Å². The molecule has 17 heteroatoms. The minimum absolute atomic E-state index is 0.198. The van der Waals surface area contributed by atoms with Crippen molar-refractivity contribution in [3.8, 4) is 34.0 Å². The molecule has 0 unspecified atom stereocenters. The first kappa shape index (κ1) is 40.4. The Morgan fingerprint density at radius 2 is 1.46 bits per heavy atom. The molecule has 0 fully saturated rings. The standard InChI is InChI=1S/C25H30N6O2.C19H13F2N7/c1-17(2)26-8-9-31(20-10-21(32-4)13-22(11-20)33-5)19-6-7-23-24(12-19)29-25(15-27-23)18-14-28-30(3)16-18;1-27-11-13(10-23-27)16-6-7-17-24-25-18(28(17)26-16)19(20,21)14-4-5-15-12(9-14)3-2-8-22-15/h6-7,10-17,26H,8-9H2,1-5H3;2-11H,1H3. The van der Waals surface area contributed by atoms with Crippen LogP contribution < -0.4 is 19.7 Å². The highest BCUT2D eigenvalue weighted by Gasteiger charge is 2.40. The third kappa shape index (κ3) is 8.67. The number of nitrogens with one attached hydrogen (secondary N) is 1. The van der Waals surface area contributed by atoms with Crippen LogP contribution in [0.2, 0.25) is 0 Å². The molecule has 9 aromatic rings. The van der Waals surface area contributed by atoms with E-state index in [0.717, 1.165) is 62.8 Å². The Morgan fingerprint density at radius 1 is 0.738 bits per heavy atom. The summed E-state index contributed by atoms with van der Waals surface area (Å²) in [5.74, 6) is -2.45. The van der Waals surface area contributed by atoms with Gasteiger partial charge in [-0.15, -0.1) is 10.2 Å². The van der Waals surface area contributed by atoms with Crippen LogP contribution in [0.15, 0.2) is 116 Å². The minimum atomic E-state index is -3.38. The number of hydrogen-bond acceptors (Lipinski definition) is 12. The summed E-state index contributed by atoms with van der Waals surface area (Å²) in [4.78, 5) is 15.9. The number of hydrogen-bond donors (Lipinski definition) is 1. The van der Waals surface area contributed by atoms with Gasteiger partial charge in [0.05, 0.1) is 60.7 Å². The van der Waals surface area contributed by atoms with Crippen LogP contribution in [0.4, 0.5) is 20.2 Å². The first-order chi connectivity index (χ1) is 29.5. The van der Waals surface area contributed by atoms with Crippen LogP contribution in [0, 0.1) is 0 Å². The number of alkyl halides is 2. The molecular weight excluding hydrogens is 781 g/mol. The van der Waals surface area contributed by atoms with Crippen molar-refractivity contribution in [2.75, 3.05) is 32.2 Å². The quantitative estimate of drug-likeness (QED) is 0.131. The lowest BCUT2D eigenvalue weighted by Crippen LogP contribution is -2.32. The van der Waals surface area contributed by atoms with E-state index in [-0.39, 0.29) is 11.2 Å². The number of benzene rings is 3. The number of nitrogens with zero attached hydrogens (tertiary/aromatic N) is 12. The molecule has 310 valence electrons. The van der Waals surface area contributed by atoms with Crippen molar-refractivity contribution in [3.05, 3.63) is 127 Å². The van der Waals surface area contributed by atoms with E-state index in [4.69, 9.17) is 14.5 Å². The number of fused-ring (bicyclic) bond motifs is 3. The Bertz CT molecular complexity index is 2940. The van der Waals surface area contributed by atoms with Crippen LogP contribution in [0.25, 0.3) is 50.1 Å². The molecule has 61 heavy (non-hydrogen) atoms. The highest BCUT2D eigenvalue weighted by Crippen LogP contribution is 2.37. The van der Waals surface area contributed by atoms with Gasteiger partial charge in [0, 0.05) is 103 Å². The Labute approximate surface area is 349 Å². The fourth-order valence-corrected chi connectivity index (χ4v) is 6.77. The van der Waals surface area contributed by atoms with Gasteiger partial charge < -0.3 is 19.7 Å². The summed E-state index contributed by atoms with van der Waals surface area (Å²) >= 11 is 0. The van der Waals surface area contributed by atoms with Crippen molar-refractivity contribution in [2.24, 2.45) is 14.1 Å². The summed E-state index contributed by atoms with van der Waals surface area (Å²) in [5, 5.41) is 24.4. The second-order valence-electron chi connectivity index (χ2n) is 14.6. The molecule has 0 aliphatic rings. The molecule has 0 bridgehead atoms. The average molecular weight is 824 g/mol. The number of halogens is 2. The number of methoxy groups -OCH3 is 2. The highest BCUT2D eigenvalue weighted by atomic mass is 19.3. The fourth-order valence-electron chi connectivity index (χ4n) is 6.77. The second-order valence-corrected chi connectivity index (χ2v) is 14.6. The number of rotatable bonds is 12. The molecule has 0 saturated heterocycles. The van der Waals surface area contributed by atoms with Crippen LogP contribution >= 0.6 is 0 Å². The molecular formula is C44H43F2N13O2. The van der Waals surface area contributed by atoms with Gasteiger partial charge >= 0.3 is 5.92 Å². The molecule has 6 heterocycles. The second kappa shape index (κ2) is 17.1. The third-order valence-corrected chi connectivity index (χ3v) is 9.88. The van der Waals surface area contributed by atoms with Crippen LogP contribution in [-0.4, -0.2) is 87.7 Å². The molecule has 9 rings (SSSR count). The molecule has 0 aliphatic heterocycles. The van der Waals surface area contributed by atoms with Gasteiger partial charge in [-0.3, -0.25) is 19.3 Å². The van der Waals surface area contributed by atoms with Gasteiger partial charge in [0.1, 0.15) is 11.5 Å². The van der Waals surface area contributed by atoms with Crippen molar-refractivity contribution >= 4 is 39.0 Å². The van der Waals surface area contributed by atoms with E-state index in [1.807, 2.05) is 37.5 Å². The van der Waals surface area contributed by atoms with Crippen LogP contribution in [0.1, 0.15) is 25.2 Å². The van der Waals surface area contributed by atoms with Gasteiger partial charge in [0.25, 0.3) is 0 Å². The highest BCUT2D eigenvalue weighted by molar-refractivity contribution is 5.83. The maximum Gasteiger partial charge on any atom is 0.333 e. The largest absolute Gasteiger partial charge is 0.497 e. The molecule has 0 aliphatic carbocycles. The Hall–Kier alpha value is -7.40. The van der Waals surface area contributed by atoms with Gasteiger partial charge in [-0.2, -0.15) is 28.6 Å². The topological polar surface area (TPSA) is 151 Å². The van der Waals surface area contributed by atoms with Crippen molar-refractivity contribution in [2.45, 2.75) is 25.8 Å². The summed E-state index contributed by atoms with van der Waals surface area (Å²) < 4.78 is 46.1. The first-order valence-electron chi connectivity index (χ1n) is 19.4. The molecule has 0 amide bonds. The monoisotopic (exact) mass is 823 g/mol. The average Bonchev–Trinajstić information content (AvgIpc) is 4.04. The lowest BCUT2D eigenvalue weighted by atomic mass is 10.0. The van der Waals surface area contributed by atoms with Gasteiger partial charge in [0.15, 0.2) is 5.65 Å². The number of pyridine rings is 1. The first-order valence-corrected chi connectivity index (χ1v) is 19.4. The minimum Gasteiger partial charge on any atom is -0.497 e. The van der Waals surface area contributed by atoms with Crippen LogP contribution in [0.5, 0.6) is 11.5 Å². The van der Waals surface area contributed by atoms with E-state index < -0.39 is 11.7 Å².